The van der Waals surface area contributed by atoms with E-state index in [1.54, 1.807) is 24.3 Å². The fraction of sp³-hybridized carbons (Fsp3) is 0.391. The highest BCUT2D eigenvalue weighted by molar-refractivity contribution is 6.04. The molecule has 0 saturated carbocycles. The number of rotatable bonds is 10. The Kier molecular flexibility index (Phi) is 8.53. The number of unbranched alkanes of at least 4 members (excludes halogenated alkanes) is 1. The Hall–Kier alpha value is -2.82. The minimum atomic E-state index is -0.405. The molecule has 1 N–H and O–H groups in total. The first-order chi connectivity index (χ1) is 13.5. The number of carbonyl (C=O) groups is 2. The average molecular weight is 383 g/mol. The largest absolute Gasteiger partial charge is 0.482 e. The van der Waals surface area contributed by atoms with Crippen LogP contribution in [0.4, 0.5) is 5.69 Å². The number of anilines is 1. The lowest BCUT2D eigenvalue weighted by Crippen LogP contribution is -2.17. The Morgan fingerprint density at radius 2 is 1.68 bits per heavy atom. The molecule has 0 bridgehead atoms. The van der Waals surface area contributed by atoms with Crippen LogP contribution < -0.4 is 10.1 Å². The molecule has 0 aliphatic rings. The number of hydrogen-bond acceptors (Lipinski definition) is 4. The van der Waals surface area contributed by atoms with Gasteiger partial charge in [-0.15, -0.1) is 0 Å². The number of benzene rings is 2. The maximum Gasteiger partial charge on any atom is 0.344 e. The maximum absolute atomic E-state index is 12.4. The Bertz CT molecular complexity index is 751. The molecule has 0 atom stereocenters. The highest BCUT2D eigenvalue weighted by atomic mass is 16.6. The minimum absolute atomic E-state index is 0.150. The first kappa shape index (κ1) is 21.5. The van der Waals surface area contributed by atoms with Gasteiger partial charge in [-0.1, -0.05) is 39.3 Å². The topological polar surface area (TPSA) is 64.6 Å². The van der Waals surface area contributed by atoms with Gasteiger partial charge in [0.2, 0.25) is 0 Å². The lowest BCUT2D eigenvalue weighted by molar-refractivity contribution is -0.147. The van der Waals surface area contributed by atoms with Crippen molar-refractivity contribution in [2.45, 2.75) is 40.0 Å². The van der Waals surface area contributed by atoms with E-state index in [0.29, 0.717) is 17.9 Å². The zero-order valence-corrected chi connectivity index (χ0v) is 16.9. The van der Waals surface area contributed by atoms with E-state index in [1.165, 1.54) is 5.56 Å². The van der Waals surface area contributed by atoms with E-state index in [0.717, 1.165) is 24.9 Å². The predicted molar refractivity (Wildman–Crippen MR) is 111 cm³/mol. The highest BCUT2D eigenvalue weighted by Crippen LogP contribution is 2.16. The molecule has 0 aliphatic heterocycles. The van der Waals surface area contributed by atoms with Crippen molar-refractivity contribution in [1.29, 1.82) is 0 Å². The van der Waals surface area contributed by atoms with Gasteiger partial charge in [-0.05, 0) is 60.7 Å². The summed E-state index contributed by atoms with van der Waals surface area (Å²) in [7, 11) is 0. The van der Waals surface area contributed by atoms with E-state index in [9.17, 15) is 9.59 Å². The summed E-state index contributed by atoms with van der Waals surface area (Å²) < 4.78 is 10.4. The Morgan fingerprint density at radius 3 is 2.29 bits per heavy atom. The monoisotopic (exact) mass is 383 g/mol. The van der Waals surface area contributed by atoms with Crippen LogP contribution >= 0.6 is 0 Å². The Morgan fingerprint density at radius 1 is 1.00 bits per heavy atom. The van der Waals surface area contributed by atoms with Crippen molar-refractivity contribution in [3.8, 4) is 5.75 Å². The van der Waals surface area contributed by atoms with E-state index in [1.807, 2.05) is 38.1 Å². The number of nitrogens with one attached hydrogen (secondary N) is 1. The number of esters is 1. The molecule has 0 radical (unpaired) electrons. The van der Waals surface area contributed by atoms with Crippen molar-refractivity contribution in [2.75, 3.05) is 18.5 Å². The lowest BCUT2D eigenvalue weighted by atomic mass is 10.1. The summed E-state index contributed by atoms with van der Waals surface area (Å²) in [4.78, 5) is 23.9. The third-order valence-electron chi connectivity index (χ3n) is 4.08. The molecule has 0 unspecified atom stereocenters. The molecule has 0 fully saturated rings. The smallest absolute Gasteiger partial charge is 0.344 e. The first-order valence-corrected chi connectivity index (χ1v) is 9.76. The highest BCUT2D eigenvalue weighted by Gasteiger charge is 2.08. The molecular formula is C23H29NO4. The molecular weight excluding hydrogens is 354 g/mol. The van der Waals surface area contributed by atoms with Gasteiger partial charge in [-0.2, -0.15) is 0 Å². The number of hydrogen-bond donors (Lipinski definition) is 1. The van der Waals surface area contributed by atoms with E-state index in [4.69, 9.17) is 9.47 Å². The van der Waals surface area contributed by atoms with Crippen LogP contribution in [0.25, 0.3) is 0 Å². The van der Waals surface area contributed by atoms with E-state index >= 15 is 0 Å². The normalized spacial score (nSPS) is 10.6. The van der Waals surface area contributed by atoms with Crippen LogP contribution in [0.15, 0.2) is 48.5 Å². The molecule has 150 valence electrons. The fourth-order valence-electron chi connectivity index (χ4n) is 2.48. The molecule has 2 rings (SSSR count). The molecule has 0 saturated heterocycles. The van der Waals surface area contributed by atoms with Crippen molar-refractivity contribution in [3.63, 3.8) is 0 Å². The van der Waals surface area contributed by atoms with Gasteiger partial charge in [0.15, 0.2) is 6.61 Å². The van der Waals surface area contributed by atoms with Gasteiger partial charge < -0.3 is 14.8 Å². The summed E-state index contributed by atoms with van der Waals surface area (Å²) in [5.41, 5.74) is 2.55. The first-order valence-electron chi connectivity index (χ1n) is 9.76. The summed E-state index contributed by atoms with van der Waals surface area (Å²) in [5, 5.41) is 2.88. The molecule has 0 spiro atoms. The number of aryl methyl sites for hydroxylation is 1. The molecule has 0 aliphatic carbocycles. The second kappa shape index (κ2) is 11.1. The van der Waals surface area contributed by atoms with Crippen LogP contribution in [0, 0.1) is 5.92 Å². The van der Waals surface area contributed by atoms with Gasteiger partial charge in [0.25, 0.3) is 5.91 Å². The molecule has 2 aromatic rings. The minimum Gasteiger partial charge on any atom is -0.482 e. The summed E-state index contributed by atoms with van der Waals surface area (Å²) in [6.07, 6.45) is 3.38. The van der Waals surface area contributed by atoms with E-state index in [2.05, 4.69) is 12.2 Å². The molecule has 5 nitrogen and oxygen atoms in total. The molecule has 0 heterocycles. The van der Waals surface area contributed by atoms with E-state index in [-0.39, 0.29) is 18.4 Å². The predicted octanol–water partition coefficient (Wildman–Crippen LogP) is 4.86. The van der Waals surface area contributed by atoms with Gasteiger partial charge in [0.1, 0.15) is 5.75 Å². The Labute approximate surface area is 167 Å². The van der Waals surface area contributed by atoms with Crippen molar-refractivity contribution in [1.82, 2.24) is 0 Å². The van der Waals surface area contributed by atoms with Crippen LogP contribution in [-0.4, -0.2) is 25.1 Å². The van der Waals surface area contributed by atoms with Crippen molar-refractivity contribution >= 4 is 17.6 Å². The van der Waals surface area contributed by atoms with Crippen molar-refractivity contribution < 1.29 is 19.1 Å². The molecule has 28 heavy (non-hydrogen) atoms. The van der Waals surface area contributed by atoms with Crippen LogP contribution in [-0.2, 0) is 16.0 Å². The second-order valence-electron chi connectivity index (χ2n) is 7.14. The van der Waals surface area contributed by atoms with Crippen LogP contribution in [0.2, 0.25) is 0 Å². The molecule has 2 aromatic carbocycles. The van der Waals surface area contributed by atoms with Crippen molar-refractivity contribution in [3.05, 3.63) is 59.7 Å². The van der Waals surface area contributed by atoms with E-state index < -0.39 is 5.97 Å². The summed E-state index contributed by atoms with van der Waals surface area (Å²) in [6, 6.07) is 14.6. The quantitative estimate of drug-likeness (QED) is 0.595. The number of amides is 1. The zero-order valence-electron chi connectivity index (χ0n) is 16.9. The van der Waals surface area contributed by atoms with Crippen LogP contribution in [0.3, 0.4) is 0 Å². The SMILES string of the molecule is CCCCc1ccc(NC(=O)c2ccc(OCC(=O)OCC(C)C)cc2)cc1. The summed E-state index contributed by atoms with van der Waals surface area (Å²) in [6.45, 7) is 6.34. The third-order valence-corrected chi connectivity index (χ3v) is 4.08. The average Bonchev–Trinajstić information content (AvgIpc) is 2.70. The lowest BCUT2D eigenvalue weighted by Gasteiger charge is -2.09. The van der Waals surface area contributed by atoms with Crippen molar-refractivity contribution in [2.24, 2.45) is 5.92 Å². The zero-order chi connectivity index (χ0) is 20.4. The second-order valence-corrected chi connectivity index (χ2v) is 7.14. The standard InChI is InChI=1S/C23H29NO4/c1-4-5-6-18-7-11-20(12-8-18)24-23(26)19-9-13-21(14-10-19)27-16-22(25)28-15-17(2)3/h7-14,17H,4-6,15-16H2,1-3H3,(H,24,26). The van der Waals surface area contributed by atoms with Crippen LogP contribution in [0.5, 0.6) is 5.75 Å². The molecule has 1 amide bonds. The fourth-order valence-corrected chi connectivity index (χ4v) is 2.48. The van der Waals surface area contributed by atoms with Gasteiger partial charge in [-0.3, -0.25) is 4.79 Å². The van der Waals surface area contributed by atoms with Gasteiger partial charge >= 0.3 is 5.97 Å². The van der Waals surface area contributed by atoms with Gasteiger partial charge in [0.05, 0.1) is 6.61 Å². The Balaban J connectivity index is 1.83. The van der Waals surface area contributed by atoms with Gasteiger partial charge in [0, 0.05) is 11.3 Å². The number of ether oxygens (including phenoxy) is 2. The van der Waals surface area contributed by atoms with Gasteiger partial charge in [-0.25, -0.2) is 4.79 Å². The third kappa shape index (κ3) is 7.43. The summed E-state index contributed by atoms with van der Waals surface area (Å²) >= 11 is 0. The molecule has 0 aromatic heterocycles. The van der Waals surface area contributed by atoms with Crippen LogP contribution in [0.1, 0.15) is 49.5 Å². The maximum atomic E-state index is 12.4. The summed E-state index contributed by atoms with van der Waals surface area (Å²) in [5.74, 6) is 0.203. The number of carbonyl (C=O) groups excluding carboxylic acids is 2. The molecule has 5 heteroatoms.